The Hall–Kier alpha value is -1.24. The number of hydrogen-bond donors (Lipinski definition) is 0. The minimum absolute atomic E-state index is 0.0670. The molecule has 1 aliphatic rings. The summed E-state index contributed by atoms with van der Waals surface area (Å²) in [6, 6.07) is 10.4. The standard InChI is InChI=1S/C14H18ClN3/c1-2-13(11-16)17-7-9-18(10-8-17)14-5-3-12(15)4-6-14/h3-6,13H,2,7-10H2,1H3. The Labute approximate surface area is 114 Å². The SMILES string of the molecule is CCC(C#N)N1CCN(c2ccc(Cl)cc2)CC1. The normalized spacial score (nSPS) is 18.4. The molecule has 18 heavy (non-hydrogen) atoms. The van der Waals surface area contributed by atoms with Gasteiger partial charge in [0.1, 0.15) is 0 Å². The molecule has 1 fully saturated rings. The highest BCUT2D eigenvalue weighted by Crippen LogP contribution is 2.20. The molecule has 0 aliphatic carbocycles. The van der Waals surface area contributed by atoms with Gasteiger partial charge >= 0.3 is 0 Å². The Kier molecular flexibility index (Phi) is 4.46. The van der Waals surface area contributed by atoms with Gasteiger partial charge in [-0.25, -0.2) is 0 Å². The average Bonchev–Trinajstić information content (AvgIpc) is 2.42. The van der Waals surface area contributed by atoms with Crippen molar-refractivity contribution in [2.24, 2.45) is 0 Å². The van der Waals surface area contributed by atoms with Crippen LogP contribution in [0.1, 0.15) is 13.3 Å². The molecule has 0 aromatic heterocycles. The lowest BCUT2D eigenvalue weighted by Crippen LogP contribution is -2.49. The molecule has 4 heteroatoms. The summed E-state index contributed by atoms with van der Waals surface area (Å²) in [5.41, 5.74) is 1.21. The maximum atomic E-state index is 9.07. The number of nitrogens with zero attached hydrogens (tertiary/aromatic N) is 3. The van der Waals surface area contributed by atoms with Crippen molar-refractivity contribution in [2.75, 3.05) is 31.1 Å². The fourth-order valence-corrected chi connectivity index (χ4v) is 2.50. The Morgan fingerprint density at radius 1 is 1.22 bits per heavy atom. The molecule has 1 aliphatic heterocycles. The van der Waals surface area contributed by atoms with Gasteiger partial charge in [-0.15, -0.1) is 0 Å². The molecule has 0 saturated carbocycles. The number of anilines is 1. The molecule has 1 heterocycles. The summed E-state index contributed by atoms with van der Waals surface area (Å²) in [7, 11) is 0. The molecule has 0 amide bonds. The smallest absolute Gasteiger partial charge is 0.0976 e. The maximum absolute atomic E-state index is 9.07. The predicted octanol–water partition coefficient (Wildman–Crippen LogP) is 2.76. The summed E-state index contributed by atoms with van der Waals surface area (Å²) in [4.78, 5) is 4.61. The zero-order valence-electron chi connectivity index (χ0n) is 10.6. The molecule has 1 atom stereocenters. The fourth-order valence-electron chi connectivity index (χ4n) is 2.37. The van der Waals surface area contributed by atoms with Crippen molar-refractivity contribution in [1.82, 2.24) is 4.90 Å². The number of halogens is 1. The first-order valence-corrected chi connectivity index (χ1v) is 6.76. The van der Waals surface area contributed by atoms with Crippen molar-refractivity contribution in [3.8, 4) is 6.07 Å². The summed E-state index contributed by atoms with van der Waals surface area (Å²) in [6.07, 6.45) is 0.900. The summed E-state index contributed by atoms with van der Waals surface area (Å²) in [5.74, 6) is 0. The van der Waals surface area contributed by atoms with Crippen LogP contribution in [0, 0.1) is 11.3 Å². The van der Waals surface area contributed by atoms with Crippen molar-refractivity contribution in [2.45, 2.75) is 19.4 Å². The van der Waals surface area contributed by atoms with E-state index in [9.17, 15) is 0 Å². The van der Waals surface area contributed by atoms with Crippen molar-refractivity contribution in [3.05, 3.63) is 29.3 Å². The summed E-state index contributed by atoms with van der Waals surface area (Å²) < 4.78 is 0. The van der Waals surface area contributed by atoms with Crippen LogP contribution in [-0.4, -0.2) is 37.1 Å². The third-order valence-corrected chi connectivity index (χ3v) is 3.73. The second-order valence-electron chi connectivity index (χ2n) is 4.55. The molecule has 2 rings (SSSR count). The number of piperazine rings is 1. The topological polar surface area (TPSA) is 30.3 Å². The van der Waals surface area contributed by atoms with Gasteiger partial charge in [0.25, 0.3) is 0 Å². The van der Waals surface area contributed by atoms with E-state index < -0.39 is 0 Å². The number of rotatable bonds is 3. The molecule has 0 N–H and O–H groups in total. The number of benzene rings is 1. The second kappa shape index (κ2) is 6.08. The van der Waals surface area contributed by atoms with Crippen molar-refractivity contribution in [3.63, 3.8) is 0 Å². The summed E-state index contributed by atoms with van der Waals surface area (Å²) in [5, 5.41) is 9.84. The van der Waals surface area contributed by atoms with Crippen molar-refractivity contribution >= 4 is 17.3 Å². The lowest BCUT2D eigenvalue weighted by molar-refractivity contribution is 0.216. The van der Waals surface area contributed by atoms with E-state index in [1.54, 1.807) is 0 Å². The zero-order chi connectivity index (χ0) is 13.0. The van der Waals surface area contributed by atoms with Gasteiger partial charge in [-0.05, 0) is 30.7 Å². The summed E-state index contributed by atoms with van der Waals surface area (Å²) in [6.45, 7) is 5.92. The monoisotopic (exact) mass is 263 g/mol. The first-order valence-electron chi connectivity index (χ1n) is 6.38. The minimum atomic E-state index is 0.0670. The van der Waals surface area contributed by atoms with Crippen LogP contribution in [0.25, 0.3) is 0 Å². The first-order chi connectivity index (χ1) is 8.74. The lowest BCUT2D eigenvalue weighted by atomic mass is 10.1. The van der Waals surface area contributed by atoms with E-state index in [0.717, 1.165) is 37.6 Å². The molecule has 96 valence electrons. The predicted molar refractivity (Wildman–Crippen MR) is 74.9 cm³/mol. The molecule has 0 radical (unpaired) electrons. The van der Waals surface area contributed by atoms with Crippen LogP contribution in [0.5, 0.6) is 0 Å². The molecule has 1 aromatic carbocycles. The van der Waals surface area contributed by atoms with Gasteiger partial charge in [0.15, 0.2) is 0 Å². The number of hydrogen-bond acceptors (Lipinski definition) is 3. The maximum Gasteiger partial charge on any atom is 0.0976 e. The molecule has 1 saturated heterocycles. The zero-order valence-corrected chi connectivity index (χ0v) is 11.4. The fraction of sp³-hybridized carbons (Fsp3) is 0.500. The first kappa shape index (κ1) is 13.2. The van der Waals surface area contributed by atoms with E-state index in [1.807, 2.05) is 12.1 Å². The molecule has 0 spiro atoms. The molecule has 0 bridgehead atoms. The van der Waals surface area contributed by atoms with Gasteiger partial charge in [-0.1, -0.05) is 18.5 Å². The van der Waals surface area contributed by atoms with Gasteiger partial charge in [0, 0.05) is 36.9 Å². The third kappa shape index (κ3) is 2.95. The van der Waals surface area contributed by atoms with E-state index >= 15 is 0 Å². The van der Waals surface area contributed by atoms with E-state index in [2.05, 4.69) is 34.9 Å². The Bertz CT molecular complexity index is 416. The van der Waals surface area contributed by atoms with Crippen LogP contribution < -0.4 is 4.90 Å². The Balaban J connectivity index is 1.94. The van der Waals surface area contributed by atoms with Crippen LogP contribution in [-0.2, 0) is 0 Å². The molecular weight excluding hydrogens is 246 g/mol. The van der Waals surface area contributed by atoms with Crippen LogP contribution in [0.2, 0.25) is 5.02 Å². The van der Waals surface area contributed by atoms with Gasteiger partial charge in [-0.2, -0.15) is 5.26 Å². The van der Waals surface area contributed by atoms with Crippen LogP contribution in [0.3, 0.4) is 0 Å². The Morgan fingerprint density at radius 2 is 1.83 bits per heavy atom. The van der Waals surface area contributed by atoms with Gasteiger partial charge in [-0.3, -0.25) is 4.90 Å². The second-order valence-corrected chi connectivity index (χ2v) is 4.99. The molecular formula is C14H18ClN3. The van der Waals surface area contributed by atoms with Gasteiger partial charge < -0.3 is 4.90 Å². The third-order valence-electron chi connectivity index (χ3n) is 3.48. The quantitative estimate of drug-likeness (QED) is 0.840. The van der Waals surface area contributed by atoms with Crippen LogP contribution in [0.4, 0.5) is 5.69 Å². The van der Waals surface area contributed by atoms with E-state index in [1.165, 1.54) is 5.69 Å². The summed E-state index contributed by atoms with van der Waals surface area (Å²) >= 11 is 5.89. The molecule has 1 aromatic rings. The van der Waals surface area contributed by atoms with E-state index in [0.29, 0.717) is 0 Å². The van der Waals surface area contributed by atoms with E-state index in [-0.39, 0.29) is 6.04 Å². The largest absolute Gasteiger partial charge is 0.369 e. The Morgan fingerprint density at radius 3 is 2.33 bits per heavy atom. The molecule has 3 nitrogen and oxygen atoms in total. The highest BCUT2D eigenvalue weighted by atomic mass is 35.5. The molecule has 1 unspecified atom stereocenters. The highest BCUT2D eigenvalue weighted by Gasteiger charge is 2.22. The highest BCUT2D eigenvalue weighted by molar-refractivity contribution is 6.30. The van der Waals surface area contributed by atoms with Gasteiger partial charge in [0.05, 0.1) is 12.1 Å². The lowest BCUT2D eigenvalue weighted by Gasteiger charge is -2.37. The number of nitriles is 1. The average molecular weight is 264 g/mol. The van der Waals surface area contributed by atoms with Crippen molar-refractivity contribution < 1.29 is 0 Å². The van der Waals surface area contributed by atoms with Crippen LogP contribution in [0.15, 0.2) is 24.3 Å². The van der Waals surface area contributed by atoms with E-state index in [4.69, 9.17) is 16.9 Å². The van der Waals surface area contributed by atoms with Crippen molar-refractivity contribution in [1.29, 1.82) is 5.26 Å². The minimum Gasteiger partial charge on any atom is -0.369 e. The van der Waals surface area contributed by atoms with Crippen LogP contribution >= 0.6 is 11.6 Å². The van der Waals surface area contributed by atoms with Gasteiger partial charge in [0.2, 0.25) is 0 Å².